The van der Waals surface area contributed by atoms with E-state index >= 15 is 0 Å². The average Bonchev–Trinajstić information content (AvgIpc) is 2.77. The summed E-state index contributed by atoms with van der Waals surface area (Å²) in [6.07, 6.45) is 0.403. The van der Waals surface area contributed by atoms with E-state index in [-0.39, 0.29) is 29.3 Å². The van der Waals surface area contributed by atoms with Gasteiger partial charge in [-0.25, -0.2) is 4.39 Å². The van der Waals surface area contributed by atoms with Gasteiger partial charge in [0, 0.05) is 23.4 Å². The van der Waals surface area contributed by atoms with Gasteiger partial charge < -0.3 is 15.4 Å². The molecule has 2 aromatic rings. The molecule has 0 spiro atoms. The van der Waals surface area contributed by atoms with E-state index in [2.05, 4.69) is 10.6 Å². The van der Waals surface area contributed by atoms with Gasteiger partial charge in [0.25, 0.3) is 0 Å². The van der Waals surface area contributed by atoms with E-state index < -0.39 is 23.6 Å². The van der Waals surface area contributed by atoms with Crippen LogP contribution >= 0.6 is 11.8 Å². The summed E-state index contributed by atoms with van der Waals surface area (Å²) in [5.74, 6) is -1.61. The highest BCUT2D eigenvalue weighted by molar-refractivity contribution is 8.01. The third kappa shape index (κ3) is 9.44. The van der Waals surface area contributed by atoms with Crippen molar-refractivity contribution in [1.29, 1.82) is 0 Å². The summed E-state index contributed by atoms with van der Waals surface area (Å²) in [5, 5.41) is 4.70. The fourth-order valence-corrected chi connectivity index (χ4v) is 3.34. The summed E-state index contributed by atoms with van der Waals surface area (Å²) in [4.78, 5) is 48.2. The number of carbonyl (C=O) groups is 4. The molecule has 0 saturated heterocycles. The molecule has 0 fully saturated rings. The number of halogens is 1. The molecule has 33 heavy (non-hydrogen) atoms. The van der Waals surface area contributed by atoms with Crippen molar-refractivity contribution < 1.29 is 28.3 Å². The Balaban J connectivity index is 1.73. The van der Waals surface area contributed by atoms with Gasteiger partial charge in [0.15, 0.2) is 12.4 Å². The predicted molar refractivity (Wildman–Crippen MR) is 127 cm³/mol. The summed E-state index contributed by atoms with van der Waals surface area (Å²) in [6.45, 7) is 5.05. The second-order valence-electron chi connectivity index (χ2n) is 7.76. The third-order valence-corrected chi connectivity index (χ3v) is 5.48. The fourth-order valence-electron chi connectivity index (χ4n) is 2.66. The van der Waals surface area contributed by atoms with Crippen molar-refractivity contribution >= 4 is 46.7 Å². The number of ketones is 1. The summed E-state index contributed by atoms with van der Waals surface area (Å²) in [6, 6.07) is 11.7. The maximum Gasteiger partial charge on any atom is 0.319 e. The lowest BCUT2D eigenvalue weighted by molar-refractivity contribution is -0.141. The molecule has 176 valence electrons. The Labute approximate surface area is 196 Å². The Hall–Kier alpha value is -3.20. The molecule has 0 radical (unpaired) electrons. The molecule has 0 bridgehead atoms. The van der Waals surface area contributed by atoms with Gasteiger partial charge in [0.2, 0.25) is 11.8 Å². The van der Waals surface area contributed by atoms with E-state index in [1.165, 1.54) is 24.3 Å². The molecule has 0 saturated carbocycles. The first-order valence-electron chi connectivity index (χ1n) is 10.4. The van der Waals surface area contributed by atoms with Gasteiger partial charge in [-0.3, -0.25) is 19.2 Å². The van der Waals surface area contributed by atoms with E-state index in [0.29, 0.717) is 23.4 Å². The molecular formula is C24H27FN2O5S. The first kappa shape index (κ1) is 26.1. The molecule has 2 N–H and O–H groups in total. The van der Waals surface area contributed by atoms with Crippen LogP contribution in [0.2, 0.25) is 0 Å². The van der Waals surface area contributed by atoms with Crippen LogP contribution in [0, 0.1) is 11.7 Å². The Morgan fingerprint density at radius 3 is 2.00 bits per heavy atom. The van der Waals surface area contributed by atoms with E-state index in [0.717, 1.165) is 11.8 Å². The fraction of sp³-hybridized carbons (Fsp3) is 0.333. The van der Waals surface area contributed by atoms with Gasteiger partial charge in [-0.05, 0) is 61.4 Å². The summed E-state index contributed by atoms with van der Waals surface area (Å²) < 4.78 is 18.0. The maximum atomic E-state index is 12.9. The molecule has 7 nitrogen and oxygen atoms in total. The largest absolute Gasteiger partial charge is 0.456 e. The number of hydrogen-bond donors (Lipinski definition) is 2. The highest BCUT2D eigenvalue weighted by Crippen LogP contribution is 2.15. The highest BCUT2D eigenvalue weighted by atomic mass is 32.2. The van der Waals surface area contributed by atoms with E-state index in [1.807, 2.05) is 13.8 Å². The summed E-state index contributed by atoms with van der Waals surface area (Å²) in [5.41, 5.74) is 1.38. The second kappa shape index (κ2) is 12.7. The van der Waals surface area contributed by atoms with Gasteiger partial charge in [-0.15, -0.1) is 11.8 Å². The number of benzene rings is 2. The molecule has 0 aromatic heterocycles. The quantitative estimate of drug-likeness (QED) is 0.372. The highest BCUT2D eigenvalue weighted by Gasteiger charge is 2.19. The van der Waals surface area contributed by atoms with E-state index in [4.69, 9.17) is 4.74 Å². The van der Waals surface area contributed by atoms with E-state index in [9.17, 15) is 23.6 Å². The SMILES string of the molecule is CC(C)CC(=O)Nc1ccc(C(=O)COC(=O)C(C)SCC(=O)Nc2ccc(F)cc2)cc1. The van der Waals surface area contributed by atoms with Crippen LogP contribution in [0.1, 0.15) is 37.6 Å². The van der Waals surface area contributed by atoms with Crippen LogP contribution in [0.5, 0.6) is 0 Å². The lowest BCUT2D eigenvalue weighted by Crippen LogP contribution is -2.23. The van der Waals surface area contributed by atoms with Crippen molar-refractivity contribution in [3.05, 3.63) is 59.9 Å². The first-order valence-corrected chi connectivity index (χ1v) is 11.5. The molecule has 0 heterocycles. The zero-order valence-corrected chi connectivity index (χ0v) is 19.5. The topological polar surface area (TPSA) is 102 Å². The molecular weight excluding hydrogens is 447 g/mol. The number of nitrogens with one attached hydrogen (secondary N) is 2. The second-order valence-corrected chi connectivity index (χ2v) is 9.09. The maximum absolute atomic E-state index is 12.9. The Kier molecular flexibility index (Phi) is 10.1. The van der Waals surface area contributed by atoms with Crippen LogP contribution in [0.4, 0.5) is 15.8 Å². The standard InChI is InChI=1S/C24H27FN2O5S/c1-15(2)12-22(29)26-19-8-4-17(5-9-19)21(28)13-32-24(31)16(3)33-14-23(30)27-20-10-6-18(25)7-11-20/h4-11,15-16H,12-14H2,1-3H3,(H,26,29)(H,27,30). The number of esters is 1. The molecule has 2 aromatic carbocycles. The van der Waals surface area contributed by atoms with Crippen LogP contribution < -0.4 is 10.6 Å². The Morgan fingerprint density at radius 1 is 0.879 bits per heavy atom. The predicted octanol–water partition coefficient (Wildman–Crippen LogP) is 4.30. The van der Waals surface area contributed by atoms with Crippen LogP contribution in [0.3, 0.4) is 0 Å². The lowest BCUT2D eigenvalue weighted by atomic mass is 10.1. The van der Waals surface area contributed by atoms with E-state index in [1.54, 1.807) is 31.2 Å². The molecule has 0 aliphatic rings. The number of rotatable bonds is 11. The molecule has 1 atom stereocenters. The van der Waals surface area contributed by atoms with Crippen molar-refractivity contribution in [2.45, 2.75) is 32.4 Å². The zero-order chi connectivity index (χ0) is 24.4. The average molecular weight is 475 g/mol. The molecule has 2 rings (SSSR count). The van der Waals surface area contributed by atoms with Crippen molar-refractivity contribution in [2.24, 2.45) is 5.92 Å². The molecule has 2 amide bonds. The number of amides is 2. The molecule has 1 unspecified atom stereocenters. The van der Waals surface area contributed by atoms with Gasteiger partial charge in [-0.2, -0.15) is 0 Å². The monoisotopic (exact) mass is 474 g/mol. The summed E-state index contributed by atoms with van der Waals surface area (Å²) >= 11 is 1.06. The lowest BCUT2D eigenvalue weighted by Gasteiger charge is -2.11. The smallest absolute Gasteiger partial charge is 0.319 e. The number of ether oxygens (including phenoxy) is 1. The van der Waals surface area contributed by atoms with Gasteiger partial charge in [0.1, 0.15) is 11.1 Å². The normalized spacial score (nSPS) is 11.5. The van der Waals surface area contributed by atoms with Gasteiger partial charge >= 0.3 is 5.97 Å². The third-order valence-electron chi connectivity index (χ3n) is 4.35. The minimum atomic E-state index is -0.657. The minimum absolute atomic E-state index is 0.00835. The van der Waals surface area contributed by atoms with Crippen LogP contribution in [-0.4, -0.2) is 41.2 Å². The number of anilines is 2. The Morgan fingerprint density at radius 2 is 1.42 bits per heavy atom. The zero-order valence-electron chi connectivity index (χ0n) is 18.7. The van der Waals surface area contributed by atoms with Crippen LogP contribution in [0.15, 0.2) is 48.5 Å². The summed E-state index contributed by atoms with van der Waals surface area (Å²) in [7, 11) is 0. The van der Waals surface area contributed by atoms with Crippen molar-refractivity contribution in [1.82, 2.24) is 0 Å². The number of Topliss-reactive ketones (excluding diaryl/α,β-unsaturated/α-hetero) is 1. The van der Waals surface area contributed by atoms with Gasteiger partial charge in [0.05, 0.1) is 5.75 Å². The molecule has 0 aliphatic carbocycles. The van der Waals surface area contributed by atoms with Crippen molar-refractivity contribution in [3.63, 3.8) is 0 Å². The number of hydrogen-bond acceptors (Lipinski definition) is 6. The van der Waals surface area contributed by atoms with Gasteiger partial charge in [-0.1, -0.05) is 13.8 Å². The van der Waals surface area contributed by atoms with Crippen LogP contribution in [-0.2, 0) is 19.1 Å². The molecule has 9 heteroatoms. The van der Waals surface area contributed by atoms with Crippen molar-refractivity contribution in [2.75, 3.05) is 23.0 Å². The minimum Gasteiger partial charge on any atom is -0.456 e. The van der Waals surface area contributed by atoms with Crippen molar-refractivity contribution in [3.8, 4) is 0 Å². The number of thioether (sulfide) groups is 1. The van der Waals surface area contributed by atoms with Crippen LogP contribution in [0.25, 0.3) is 0 Å². The number of carbonyl (C=O) groups excluding carboxylic acids is 4. The first-order chi connectivity index (χ1) is 15.6. The Bertz CT molecular complexity index is 977. The molecule has 0 aliphatic heterocycles.